The molecule has 1 heterocycles. The molecule has 0 unspecified atom stereocenters. The highest BCUT2D eigenvalue weighted by atomic mass is 16.5. The highest BCUT2D eigenvalue weighted by Gasteiger charge is 2.11. The van der Waals surface area contributed by atoms with E-state index in [2.05, 4.69) is 4.98 Å². The van der Waals surface area contributed by atoms with E-state index in [4.69, 9.17) is 4.74 Å². The number of hydrogen-bond acceptors (Lipinski definition) is 3. The molecule has 0 aliphatic carbocycles. The fraction of sp³-hybridized carbons (Fsp3) is 0.250. The average Bonchev–Trinajstić information content (AvgIpc) is 2.51. The molecule has 0 bridgehead atoms. The zero-order valence-electron chi connectivity index (χ0n) is 6.66. The summed E-state index contributed by atoms with van der Waals surface area (Å²) >= 11 is 0. The molecule has 0 radical (unpaired) electrons. The maximum atomic E-state index is 11.1. The third-order valence-electron chi connectivity index (χ3n) is 1.39. The van der Waals surface area contributed by atoms with Crippen molar-refractivity contribution in [3.63, 3.8) is 0 Å². The number of hydrogen-bond donors (Lipinski definition) is 1. The van der Waals surface area contributed by atoms with Crippen LogP contribution in [0.2, 0.25) is 0 Å². The number of esters is 1. The molecule has 0 aliphatic heterocycles. The molecule has 0 aliphatic rings. The highest BCUT2D eigenvalue weighted by Crippen LogP contribution is 2.05. The van der Waals surface area contributed by atoms with E-state index in [0.29, 0.717) is 12.9 Å². The van der Waals surface area contributed by atoms with Crippen LogP contribution in [0.5, 0.6) is 0 Å². The van der Waals surface area contributed by atoms with E-state index >= 15 is 0 Å². The van der Waals surface area contributed by atoms with Gasteiger partial charge in [-0.2, -0.15) is 0 Å². The van der Waals surface area contributed by atoms with Crippen molar-refractivity contribution >= 4 is 12.3 Å². The molecule has 1 aromatic heterocycles. The predicted octanol–water partition coefficient (Wildman–Crippen LogP) is 1.00. The van der Waals surface area contributed by atoms with Crippen molar-refractivity contribution < 1.29 is 14.3 Å². The largest absolute Gasteiger partial charge is 0.462 e. The van der Waals surface area contributed by atoms with Gasteiger partial charge in [0.1, 0.15) is 0 Å². The lowest BCUT2D eigenvalue weighted by atomic mass is 10.2. The Labute approximate surface area is 69.5 Å². The highest BCUT2D eigenvalue weighted by molar-refractivity contribution is 5.97. The second-order valence-electron chi connectivity index (χ2n) is 2.14. The number of carbonyl (C=O) groups excluding carboxylic acids is 2. The van der Waals surface area contributed by atoms with Crippen LogP contribution in [0.4, 0.5) is 0 Å². The van der Waals surface area contributed by atoms with Crippen molar-refractivity contribution in [1.29, 1.82) is 0 Å². The molecule has 0 aromatic carbocycles. The van der Waals surface area contributed by atoms with Gasteiger partial charge in [0.05, 0.1) is 17.9 Å². The first-order valence-electron chi connectivity index (χ1n) is 3.59. The van der Waals surface area contributed by atoms with E-state index < -0.39 is 5.97 Å². The number of aromatic amines is 1. The summed E-state index contributed by atoms with van der Waals surface area (Å²) in [4.78, 5) is 24.1. The Kier molecular flexibility index (Phi) is 2.63. The Morgan fingerprint density at radius 2 is 2.50 bits per heavy atom. The maximum absolute atomic E-state index is 11.1. The molecule has 1 rings (SSSR count). The van der Waals surface area contributed by atoms with Gasteiger partial charge in [-0.25, -0.2) is 4.79 Å². The van der Waals surface area contributed by atoms with Crippen molar-refractivity contribution in [2.24, 2.45) is 0 Å². The lowest BCUT2D eigenvalue weighted by Gasteiger charge is -1.98. The van der Waals surface area contributed by atoms with Gasteiger partial charge in [-0.3, -0.25) is 4.79 Å². The molecule has 0 spiro atoms. The zero-order valence-corrected chi connectivity index (χ0v) is 6.66. The fourth-order valence-electron chi connectivity index (χ4n) is 0.867. The fourth-order valence-corrected chi connectivity index (χ4v) is 0.867. The van der Waals surface area contributed by atoms with Gasteiger partial charge in [-0.1, -0.05) is 0 Å². The summed E-state index contributed by atoms with van der Waals surface area (Å²) in [5, 5.41) is 0. The van der Waals surface area contributed by atoms with Crippen molar-refractivity contribution in [1.82, 2.24) is 4.98 Å². The lowest BCUT2D eigenvalue weighted by molar-refractivity contribution is 0.0524. The number of rotatable bonds is 3. The molecule has 0 atom stereocenters. The van der Waals surface area contributed by atoms with Crippen LogP contribution in [-0.4, -0.2) is 23.8 Å². The monoisotopic (exact) mass is 167 g/mol. The Morgan fingerprint density at radius 3 is 3.08 bits per heavy atom. The van der Waals surface area contributed by atoms with Crippen molar-refractivity contribution in [2.45, 2.75) is 6.92 Å². The van der Waals surface area contributed by atoms with Crippen molar-refractivity contribution in [2.75, 3.05) is 6.61 Å². The van der Waals surface area contributed by atoms with Crippen molar-refractivity contribution in [3.05, 3.63) is 23.5 Å². The van der Waals surface area contributed by atoms with E-state index in [0.717, 1.165) is 0 Å². The van der Waals surface area contributed by atoms with E-state index in [1.54, 1.807) is 6.92 Å². The van der Waals surface area contributed by atoms with Gasteiger partial charge < -0.3 is 9.72 Å². The van der Waals surface area contributed by atoms with Crippen LogP contribution in [0.3, 0.4) is 0 Å². The van der Waals surface area contributed by atoms with Gasteiger partial charge in [0.25, 0.3) is 0 Å². The molecular weight excluding hydrogens is 158 g/mol. The van der Waals surface area contributed by atoms with Crippen LogP contribution >= 0.6 is 0 Å². The quantitative estimate of drug-likeness (QED) is 0.539. The third kappa shape index (κ3) is 1.53. The van der Waals surface area contributed by atoms with Gasteiger partial charge in [0.2, 0.25) is 0 Å². The number of carbonyl (C=O) groups is 2. The van der Waals surface area contributed by atoms with Crippen LogP contribution in [0.1, 0.15) is 27.8 Å². The first-order chi connectivity index (χ1) is 5.79. The normalized spacial score (nSPS) is 9.42. The second kappa shape index (κ2) is 3.71. The summed E-state index contributed by atoms with van der Waals surface area (Å²) < 4.78 is 4.71. The minimum atomic E-state index is -0.471. The van der Waals surface area contributed by atoms with E-state index in [-0.39, 0.29) is 11.3 Å². The summed E-state index contributed by atoms with van der Waals surface area (Å²) in [5.41, 5.74) is 0.542. The standard InChI is InChI=1S/C8H9NO3/c1-2-12-8(11)6-3-4-9-7(6)5-10/h3-5,9H,2H2,1H3. The number of H-pyrrole nitrogens is 1. The molecule has 4 nitrogen and oxygen atoms in total. The first-order valence-corrected chi connectivity index (χ1v) is 3.59. The van der Waals surface area contributed by atoms with E-state index in [9.17, 15) is 9.59 Å². The van der Waals surface area contributed by atoms with E-state index in [1.165, 1.54) is 12.3 Å². The minimum Gasteiger partial charge on any atom is -0.462 e. The topological polar surface area (TPSA) is 59.2 Å². The van der Waals surface area contributed by atoms with Crippen LogP contribution in [0.15, 0.2) is 12.3 Å². The Morgan fingerprint density at radius 1 is 1.75 bits per heavy atom. The van der Waals surface area contributed by atoms with Crippen LogP contribution in [-0.2, 0) is 4.74 Å². The molecule has 12 heavy (non-hydrogen) atoms. The van der Waals surface area contributed by atoms with E-state index in [1.807, 2.05) is 0 Å². The first kappa shape index (κ1) is 8.52. The molecule has 0 amide bonds. The summed E-state index contributed by atoms with van der Waals surface area (Å²) in [6.07, 6.45) is 2.11. The van der Waals surface area contributed by atoms with Crippen molar-refractivity contribution in [3.8, 4) is 0 Å². The smallest absolute Gasteiger partial charge is 0.340 e. The molecule has 0 fully saturated rings. The molecule has 1 N–H and O–H groups in total. The number of nitrogens with one attached hydrogen (secondary N) is 1. The number of aromatic nitrogens is 1. The Balaban J connectivity index is 2.86. The molecular formula is C8H9NO3. The summed E-state index contributed by atoms with van der Waals surface area (Å²) in [6.45, 7) is 2.02. The predicted molar refractivity (Wildman–Crippen MR) is 42.1 cm³/mol. The Bertz CT molecular complexity index is 290. The summed E-state index contributed by atoms with van der Waals surface area (Å²) in [6, 6.07) is 1.52. The van der Waals surface area contributed by atoms with Gasteiger partial charge in [0.15, 0.2) is 6.29 Å². The molecule has 4 heteroatoms. The second-order valence-corrected chi connectivity index (χ2v) is 2.14. The van der Waals surface area contributed by atoms with Crippen LogP contribution in [0.25, 0.3) is 0 Å². The van der Waals surface area contributed by atoms with Crippen LogP contribution in [0, 0.1) is 0 Å². The SMILES string of the molecule is CCOC(=O)c1cc[nH]c1C=O. The average molecular weight is 167 g/mol. The number of aldehydes is 1. The third-order valence-corrected chi connectivity index (χ3v) is 1.39. The van der Waals surface area contributed by atoms with Gasteiger partial charge >= 0.3 is 5.97 Å². The molecule has 0 saturated carbocycles. The van der Waals surface area contributed by atoms with Crippen LogP contribution < -0.4 is 0 Å². The Hall–Kier alpha value is -1.58. The van der Waals surface area contributed by atoms with Gasteiger partial charge in [-0.05, 0) is 13.0 Å². The van der Waals surface area contributed by atoms with Gasteiger partial charge in [0, 0.05) is 6.20 Å². The molecule has 64 valence electrons. The molecule has 1 aromatic rings. The molecule has 0 saturated heterocycles. The lowest BCUT2D eigenvalue weighted by Crippen LogP contribution is -2.05. The number of ether oxygens (including phenoxy) is 1. The zero-order chi connectivity index (χ0) is 8.97. The van der Waals surface area contributed by atoms with Gasteiger partial charge in [-0.15, -0.1) is 0 Å². The minimum absolute atomic E-state index is 0.258. The summed E-state index contributed by atoms with van der Waals surface area (Å²) in [5.74, 6) is -0.471. The summed E-state index contributed by atoms with van der Waals surface area (Å²) in [7, 11) is 0. The maximum Gasteiger partial charge on any atom is 0.340 e.